The molecule has 0 bridgehead atoms. The lowest BCUT2D eigenvalue weighted by Gasteiger charge is -2.32. The maximum Gasteiger partial charge on any atom is 0.191 e. The second-order valence-electron chi connectivity index (χ2n) is 7.27. The zero-order valence-corrected chi connectivity index (χ0v) is 17.5. The minimum Gasteiger partial charge on any atom is -0.382 e. The fourth-order valence-electron chi connectivity index (χ4n) is 4.21. The molecule has 0 spiro atoms. The number of rotatable bonds is 2. The first-order valence-electron chi connectivity index (χ1n) is 9.54. The fraction of sp³-hybridized carbons (Fsp3) is 0.227. The third kappa shape index (κ3) is 3.26. The second-order valence-corrected chi connectivity index (χ2v) is 8.48. The predicted molar refractivity (Wildman–Crippen MR) is 120 cm³/mol. The lowest BCUT2D eigenvalue weighted by molar-refractivity contribution is 0.533. The molecule has 7 heteroatoms. The van der Waals surface area contributed by atoms with Gasteiger partial charge in [0.2, 0.25) is 0 Å². The number of fused-ring (bicyclic) bond motifs is 4. The average Bonchev–Trinajstić information content (AvgIpc) is 2.91. The molecule has 1 aromatic heterocycles. The molecule has 5 rings (SSSR count). The van der Waals surface area contributed by atoms with E-state index in [0.717, 1.165) is 29.1 Å². The van der Waals surface area contributed by atoms with Crippen LogP contribution in [0.15, 0.2) is 58.7 Å². The van der Waals surface area contributed by atoms with Gasteiger partial charge in [-0.3, -0.25) is 0 Å². The summed E-state index contributed by atoms with van der Waals surface area (Å²) in [6, 6.07) is 16.5. The van der Waals surface area contributed by atoms with E-state index in [0.29, 0.717) is 22.5 Å². The lowest BCUT2D eigenvalue weighted by atomic mass is 9.76. The normalized spacial score (nSPS) is 19.9. The molecule has 2 heterocycles. The van der Waals surface area contributed by atoms with Gasteiger partial charge in [-0.15, -0.1) is 0 Å². The van der Waals surface area contributed by atoms with E-state index >= 15 is 0 Å². The molecule has 3 aromatic rings. The summed E-state index contributed by atoms with van der Waals surface area (Å²) >= 11 is 7.61. The molecule has 0 radical (unpaired) electrons. The van der Waals surface area contributed by atoms with Crippen molar-refractivity contribution >= 4 is 46.4 Å². The molecule has 5 nitrogen and oxygen atoms in total. The van der Waals surface area contributed by atoms with Crippen LogP contribution in [0.1, 0.15) is 29.2 Å². The zero-order valence-electron chi connectivity index (χ0n) is 15.9. The number of aryl methyl sites for hydroxylation is 1. The van der Waals surface area contributed by atoms with Crippen molar-refractivity contribution in [3.05, 3.63) is 70.2 Å². The van der Waals surface area contributed by atoms with Crippen molar-refractivity contribution in [2.45, 2.75) is 24.0 Å². The smallest absolute Gasteiger partial charge is 0.191 e. The summed E-state index contributed by atoms with van der Waals surface area (Å²) in [6.45, 7) is 0. The average molecular weight is 422 g/mol. The first kappa shape index (κ1) is 18.5. The van der Waals surface area contributed by atoms with Crippen molar-refractivity contribution in [3.8, 4) is 0 Å². The summed E-state index contributed by atoms with van der Waals surface area (Å²) in [4.78, 5) is 14.1. The van der Waals surface area contributed by atoms with Crippen LogP contribution >= 0.6 is 23.4 Å². The highest BCUT2D eigenvalue weighted by atomic mass is 35.5. The number of aliphatic imine (C=N–C) groups is 1. The van der Waals surface area contributed by atoms with Crippen LogP contribution in [0.3, 0.4) is 0 Å². The van der Waals surface area contributed by atoms with Gasteiger partial charge < -0.3 is 11.1 Å². The Morgan fingerprint density at radius 1 is 1.10 bits per heavy atom. The van der Waals surface area contributed by atoms with Crippen LogP contribution in [0.2, 0.25) is 5.02 Å². The summed E-state index contributed by atoms with van der Waals surface area (Å²) in [5.41, 5.74) is 11.6. The number of thioether (sulfide) groups is 1. The number of nitrogens with two attached hydrogens (primary N) is 1. The molecule has 146 valence electrons. The number of nitrogens with one attached hydrogen (secondary N) is 1. The number of hydrogen-bond acceptors (Lipinski definition) is 6. The Morgan fingerprint density at radius 3 is 2.69 bits per heavy atom. The van der Waals surface area contributed by atoms with Crippen molar-refractivity contribution in [2.24, 2.45) is 10.9 Å². The SMILES string of the molecule is CSc1nc(N)c2c(n1)NC(c1ccc(Cl)cc1)C1CCc3ccccc3C1=N2. The molecule has 1 aliphatic heterocycles. The summed E-state index contributed by atoms with van der Waals surface area (Å²) in [5, 5.41) is 5.00. The van der Waals surface area contributed by atoms with Gasteiger partial charge in [0.05, 0.1) is 11.8 Å². The Balaban J connectivity index is 1.73. The molecule has 0 saturated heterocycles. The number of hydrogen-bond donors (Lipinski definition) is 2. The summed E-state index contributed by atoms with van der Waals surface area (Å²) in [6.07, 6.45) is 3.95. The van der Waals surface area contributed by atoms with Crippen LogP contribution in [0.25, 0.3) is 0 Å². The number of anilines is 2. The third-order valence-corrected chi connectivity index (χ3v) is 6.40. The van der Waals surface area contributed by atoms with Crippen LogP contribution < -0.4 is 11.1 Å². The largest absolute Gasteiger partial charge is 0.382 e. The molecule has 1 aliphatic carbocycles. The van der Waals surface area contributed by atoms with E-state index in [-0.39, 0.29) is 12.0 Å². The number of halogens is 1. The van der Waals surface area contributed by atoms with Gasteiger partial charge in [0.15, 0.2) is 16.8 Å². The molecule has 29 heavy (non-hydrogen) atoms. The first-order chi connectivity index (χ1) is 14.1. The fourth-order valence-corrected chi connectivity index (χ4v) is 4.71. The van der Waals surface area contributed by atoms with Gasteiger partial charge in [-0.2, -0.15) is 0 Å². The van der Waals surface area contributed by atoms with Crippen LogP contribution in [0.4, 0.5) is 17.3 Å². The highest BCUT2D eigenvalue weighted by Gasteiger charge is 2.36. The van der Waals surface area contributed by atoms with E-state index in [4.69, 9.17) is 22.3 Å². The van der Waals surface area contributed by atoms with Crippen molar-refractivity contribution in [2.75, 3.05) is 17.3 Å². The maximum absolute atomic E-state index is 6.30. The summed E-state index contributed by atoms with van der Waals surface area (Å²) < 4.78 is 0. The molecule has 0 saturated carbocycles. The Hall–Kier alpha value is -2.57. The minimum absolute atomic E-state index is 0.0182. The van der Waals surface area contributed by atoms with Crippen molar-refractivity contribution in [1.29, 1.82) is 0 Å². The Bertz CT molecular complexity index is 1110. The summed E-state index contributed by atoms with van der Waals surface area (Å²) in [7, 11) is 0. The van der Waals surface area contributed by atoms with E-state index in [1.165, 1.54) is 22.9 Å². The molecule has 0 fully saturated rings. The lowest BCUT2D eigenvalue weighted by Crippen LogP contribution is -2.31. The molecule has 2 aliphatic rings. The molecular weight excluding hydrogens is 402 g/mol. The number of aromatic nitrogens is 2. The van der Waals surface area contributed by atoms with Crippen molar-refractivity contribution in [3.63, 3.8) is 0 Å². The van der Waals surface area contributed by atoms with E-state index in [1.807, 2.05) is 18.4 Å². The summed E-state index contributed by atoms with van der Waals surface area (Å²) in [5.74, 6) is 1.27. The minimum atomic E-state index is 0.0182. The van der Waals surface area contributed by atoms with Crippen LogP contribution in [0, 0.1) is 5.92 Å². The number of nitrogen functional groups attached to an aromatic ring is 1. The molecule has 3 N–H and O–H groups in total. The van der Waals surface area contributed by atoms with Crippen LogP contribution in [-0.2, 0) is 6.42 Å². The Labute approximate surface area is 178 Å². The topological polar surface area (TPSA) is 76.2 Å². The van der Waals surface area contributed by atoms with E-state index in [1.54, 1.807) is 0 Å². The highest BCUT2D eigenvalue weighted by molar-refractivity contribution is 7.98. The maximum atomic E-state index is 6.30. The molecule has 0 amide bonds. The van der Waals surface area contributed by atoms with E-state index in [2.05, 4.69) is 51.7 Å². The second kappa shape index (κ2) is 7.35. The van der Waals surface area contributed by atoms with Crippen molar-refractivity contribution < 1.29 is 0 Å². The quantitative estimate of drug-likeness (QED) is 0.434. The van der Waals surface area contributed by atoms with Gasteiger partial charge in [-0.1, -0.05) is 59.8 Å². The van der Waals surface area contributed by atoms with Crippen LogP contribution in [0.5, 0.6) is 0 Å². The van der Waals surface area contributed by atoms with Gasteiger partial charge in [0.25, 0.3) is 0 Å². The first-order valence-corrected chi connectivity index (χ1v) is 11.1. The predicted octanol–water partition coefficient (Wildman–Crippen LogP) is 5.28. The van der Waals surface area contributed by atoms with E-state index in [9.17, 15) is 0 Å². The van der Waals surface area contributed by atoms with E-state index < -0.39 is 0 Å². The number of nitrogens with zero attached hydrogens (tertiary/aromatic N) is 3. The molecule has 2 atom stereocenters. The van der Waals surface area contributed by atoms with Gasteiger partial charge >= 0.3 is 0 Å². The highest BCUT2D eigenvalue weighted by Crippen LogP contribution is 2.44. The van der Waals surface area contributed by atoms with Gasteiger partial charge in [-0.05, 0) is 47.9 Å². The molecule has 2 aromatic carbocycles. The van der Waals surface area contributed by atoms with Crippen LogP contribution in [-0.4, -0.2) is 21.9 Å². The third-order valence-electron chi connectivity index (χ3n) is 5.60. The number of benzene rings is 2. The molecule has 2 unspecified atom stereocenters. The standard InChI is InChI=1S/C22H20ClN5S/c1-29-22-27-20(24)19-21(28-22)26-17(13-6-9-14(23)10-7-13)16-11-8-12-4-2-3-5-15(12)18(16)25-19/h2-7,9-10,16-17H,8,11H2,1H3,(H3,24,26,27,28). The van der Waals surface area contributed by atoms with Gasteiger partial charge in [0.1, 0.15) is 5.69 Å². The van der Waals surface area contributed by atoms with Crippen molar-refractivity contribution in [1.82, 2.24) is 9.97 Å². The Morgan fingerprint density at radius 2 is 1.90 bits per heavy atom. The Kier molecular flexibility index (Phi) is 4.68. The van der Waals surface area contributed by atoms with Gasteiger partial charge in [-0.25, -0.2) is 15.0 Å². The monoisotopic (exact) mass is 421 g/mol. The van der Waals surface area contributed by atoms with Gasteiger partial charge in [0, 0.05) is 10.9 Å². The molecular formula is C22H20ClN5S. The zero-order chi connectivity index (χ0) is 20.0.